The van der Waals surface area contributed by atoms with Crippen molar-refractivity contribution >= 4 is 11.9 Å². The lowest BCUT2D eigenvalue weighted by Gasteiger charge is -2.40. The summed E-state index contributed by atoms with van der Waals surface area (Å²) in [4.78, 5) is 24.6. The molecule has 0 aromatic heterocycles. The smallest absolute Gasteiger partial charge is 0.308 e. The van der Waals surface area contributed by atoms with E-state index in [9.17, 15) is 14.7 Å². The van der Waals surface area contributed by atoms with Gasteiger partial charge in [0.05, 0.1) is 18.1 Å². The first-order valence-electron chi connectivity index (χ1n) is 9.23. The summed E-state index contributed by atoms with van der Waals surface area (Å²) in [6.07, 6.45) is 4.93. The maximum absolute atomic E-state index is 13.0. The van der Waals surface area contributed by atoms with Gasteiger partial charge in [-0.2, -0.15) is 0 Å². The molecule has 1 amide bonds. The number of hydrogen-bond acceptors (Lipinski definition) is 3. The quantitative estimate of drug-likeness (QED) is 0.885. The maximum Gasteiger partial charge on any atom is 0.308 e. The van der Waals surface area contributed by atoms with E-state index in [2.05, 4.69) is 11.4 Å². The van der Waals surface area contributed by atoms with Crippen molar-refractivity contribution in [1.29, 1.82) is 0 Å². The molecular weight excluding hydrogens is 318 g/mol. The number of rotatable bonds is 3. The average molecular weight is 343 g/mol. The molecule has 2 N–H and O–H groups in total. The van der Waals surface area contributed by atoms with Crippen molar-refractivity contribution in [3.63, 3.8) is 0 Å². The van der Waals surface area contributed by atoms with E-state index < -0.39 is 17.4 Å². The Morgan fingerprint density at radius 2 is 2.00 bits per heavy atom. The van der Waals surface area contributed by atoms with Crippen LogP contribution in [0.1, 0.15) is 51.0 Å². The van der Waals surface area contributed by atoms with Crippen molar-refractivity contribution in [2.45, 2.75) is 56.4 Å². The zero-order valence-electron chi connectivity index (χ0n) is 14.6. The fourth-order valence-corrected chi connectivity index (χ4v) is 4.95. The first kappa shape index (κ1) is 16.4. The van der Waals surface area contributed by atoms with E-state index >= 15 is 0 Å². The highest BCUT2D eigenvalue weighted by Gasteiger charge is 2.61. The molecule has 0 bridgehead atoms. The standard InChI is InChI=1S/C20H25NO4/c1-19(9-5-4-7-14(19)18(23)24)21-17(22)15-12-20(15)10-11-25-16-8-3-2-6-13(16)20/h2-3,6,8,14-15H,4-5,7,9-12H2,1H3,(H,21,22)(H,23,24)/t14?,15-,19?,20-/m0/s1. The van der Waals surface area contributed by atoms with Crippen LogP contribution in [-0.2, 0) is 15.0 Å². The molecule has 1 aromatic rings. The minimum Gasteiger partial charge on any atom is -0.493 e. The van der Waals surface area contributed by atoms with E-state index in [-0.39, 0.29) is 17.2 Å². The Balaban J connectivity index is 1.53. The molecule has 5 heteroatoms. The third kappa shape index (κ3) is 2.60. The molecule has 4 rings (SSSR count). The molecule has 2 unspecified atom stereocenters. The zero-order valence-corrected chi connectivity index (χ0v) is 14.6. The summed E-state index contributed by atoms with van der Waals surface area (Å²) in [7, 11) is 0. The van der Waals surface area contributed by atoms with E-state index in [1.807, 2.05) is 25.1 Å². The normalized spacial score (nSPS) is 36.2. The van der Waals surface area contributed by atoms with Crippen molar-refractivity contribution in [1.82, 2.24) is 5.32 Å². The lowest BCUT2D eigenvalue weighted by atomic mass is 9.73. The first-order valence-corrected chi connectivity index (χ1v) is 9.23. The lowest BCUT2D eigenvalue weighted by molar-refractivity contribution is -0.146. The summed E-state index contributed by atoms with van der Waals surface area (Å²) in [5.74, 6) is -0.485. The second kappa shape index (κ2) is 5.75. The lowest BCUT2D eigenvalue weighted by Crippen LogP contribution is -2.56. The number of para-hydroxylation sites is 1. The molecule has 134 valence electrons. The Hall–Kier alpha value is -2.04. The van der Waals surface area contributed by atoms with Crippen LogP contribution in [0.25, 0.3) is 0 Å². The summed E-state index contributed by atoms with van der Waals surface area (Å²) in [6, 6.07) is 7.97. The minimum absolute atomic E-state index is 0.00681. The van der Waals surface area contributed by atoms with Crippen LogP contribution < -0.4 is 10.1 Å². The van der Waals surface area contributed by atoms with Crippen LogP contribution in [0.15, 0.2) is 24.3 Å². The molecule has 1 aliphatic heterocycles. The topological polar surface area (TPSA) is 75.6 Å². The number of aliphatic carboxylic acids is 1. The Kier molecular flexibility index (Phi) is 3.78. The molecule has 25 heavy (non-hydrogen) atoms. The molecule has 1 aromatic carbocycles. The molecule has 2 saturated carbocycles. The number of carbonyl (C=O) groups is 2. The Bertz CT molecular complexity index is 717. The van der Waals surface area contributed by atoms with Gasteiger partial charge in [-0.1, -0.05) is 31.0 Å². The Morgan fingerprint density at radius 1 is 1.20 bits per heavy atom. The summed E-state index contributed by atoms with van der Waals surface area (Å²) >= 11 is 0. The molecule has 1 heterocycles. The highest BCUT2D eigenvalue weighted by Crippen LogP contribution is 2.60. The van der Waals surface area contributed by atoms with Crippen LogP contribution in [0.2, 0.25) is 0 Å². The summed E-state index contributed by atoms with van der Waals surface area (Å²) in [5.41, 5.74) is 0.364. The van der Waals surface area contributed by atoms with E-state index in [1.54, 1.807) is 0 Å². The van der Waals surface area contributed by atoms with E-state index in [4.69, 9.17) is 4.74 Å². The number of ether oxygens (including phenoxy) is 1. The predicted molar refractivity (Wildman–Crippen MR) is 92.5 cm³/mol. The van der Waals surface area contributed by atoms with Crippen LogP contribution in [0.5, 0.6) is 5.75 Å². The fraction of sp³-hybridized carbons (Fsp3) is 0.600. The third-order valence-electron chi connectivity index (χ3n) is 6.54. The molecule has 2 aliphatic carbocycles. The van der Waals surface area contributed by atoms with Crippen molar-refractivity contribution in [3.05, 3.63) is 29.8 Å². The van der Waals surface area contributed by atoms with Gasteiger partial charge in [-0.05, 0) is 38.7 Å². The van der Waals surface area contributed by atoms with Crippen LogP contribution in [-0.4, -0.2) is 29.1 Å². The van der Waals surface area contributed by atoms with Crippen molar-refractivity contribution in [2.75, 3.05) is 6.61 Å². The van der Waals surface area contributed by atoms with Gasteiger partial charge < -0.3 is 15.2 Å². The van der Waals surface area contributed by atoms with Crippen molar-refractivity contribution in [2.24, 2.45) is 11.8 Å². The summed E-state index contributed by atoms with van der Waals surface area (Å²) in [6.45, 7) is 2.53. The Labute approximate surface area is 147 Å². The van der Waals surface area contributed by atoms with Gasteiger partial charge in [0.2, 0.25) is 5.91 Å². The molecule has 0 radical (unpaired) electrons. The number of fused-ring (bicyclic) bond motifs is 2. The molecule has 1 spiro atoms. The van der Waals surface area contributed by atoms with Gasteiger partial charge in [-0.15, -0.1) is 0 Å². The van der Waals surface area contributed by atoms with Crippen LogP contribution in [0, 0.1) is 11.8 Å². The third-order valence-corrected chi connectivity index (χ3v) is 6.54. The van der Waals surface area contributed by atoms with Gasteiger partial charge >= 0.3 is 5.97 Å². The fourth-order valence-electron chi connectivity index (χ4n) is 4.95. The van der Waals surface area contributed by atoms with Gasteiger partial charge in [0.1, 0.15) is 5.75 Å². The summed E-state index contributed by atoms with van der Waals surface area (Å²) < 4.78 is 5.74. The first-order chi connectivity index (χ1) is 12.0. The zero-order chi connectivity index (χ0) is 17.7. The molecule has 0 saturated heterocycles. The highest BCUT2D eigenvalue weighted by atomic mass is 16.5. The van der Waals surface area contributed by atoms with Gasteiger partial charge in [0.15, 0.2) is 0 Å². The SMILES string of the molecule is CC1(NC(=O)[C@@H]2C[C@]23CCOc2ccccc23)CCCCC1C(=O)O. The number of carboxylic acid groups (broad SMARTS) is 1. The molecule has 5 nitrogen and oxygen atoms in total. The largest absolute Gasteiger partial charge is 0.493 e. The van der Waals surface area contributed by atoms with Crippen LogP contribution in [0.4, 0.5) is 0 Å². The highest BCUT2D eigenvalue weighted by molar-refractivity contribution is 5.86. The molecule has 3 aliphatic rings. The van der Waals surface area contributed by atoms with Crippen molar-refractivity contribution in [3.8, 4) is 5.75 Å². The van der Waals surface area contributed by atoms with E-state index in [0.29, 0.717) is 13.0 Å². The summed E-state index contributed by atoms with van der Waals surface area (Å²) in [5, 5.41) is 12.7. The van der Waals surface area contributed by atoms with Gasteiger partial charge in [0.25, 0.3) is 0 Å². The Morgan fingerprint density at radius 3 is 2.80 bits per heavy atom. The molecule has 4 atom stereocenters. The number of benzene rings is 1. The number of carbonyl (C=O) groups excluding carboxylic acids is 1. The maximum atomic E-state index is 13.0. The van der Waals surface area contributed by atoms with Gasteiger partial charge in [-0.25, -0.2) is 0 Å². The predicted octanol–water partition coefficient (Wildman–Crippen LogP) is 2.88. The number of amides is 1. The number of hydrogen-bond donors (Lipinski definition) is 2. The van der Waals surface area contributed by atoms with Gasteiger partial charge in [-0.3, -0.25) is 9.59 Å². The minimum atomic E-state index is -0.801. The average Bonchev–Trinajstić information content (AvgIpc) is 3.30. The second-order valence-electron chi connectivity index (χ2n) is 8.05. The van der Waals surface area contributed by atoms with E-state index in [0.717, 1.165) is 43.4 Å². The van der Waals surface area contributed by atoms with Crippen molar-refractivity contribution < 1.29 is 19.4 Å². The monoisotopic (exact) mass is 343 g/mol. The van der Waals surface area contributed by atoms with Crippen LogP contribution in [0.3, 0.4) is 0 Å². The molecule has 2 fully saturated rings. The second-order valence-corrected chi connectivity index (χ2v) is 8.05. The van der Waals surface area contributed by atoms with Crippen LogP contribution >= 0.6 is 0 Å². The number of carboxylic acids is 1. The molecular formula is C20H25NO4. The number of nitrogens with one attached hydrogen (secondary N) is 1. The van der Waals surface area contributed by atoms with E-state index in [1.165, 1.54) is 0 Å². The van der Waals surface area contributed by atoms with Gasteiger partial charge in [0, 0.05) is 16.9 Å².